The summed E-state index contributed by atoms with van der Waals surface area (Å²) >= 11 is 0. The van der Waals surface area contributed by atoms with Crippen molar-refractivity contribution in [2.24, 2.45) is 29.1 Å². The highest BCUT2D eigenvalue weighted by Gasteiger charge is 2.78. The van der Waals surface area contributed by atoms with Crippen molar-refractivity contribution in [3.8, 4) is 0 Å². The highest BCUT2D eigenvalue weighted by Crippen LogP contribution is 2.70. The maximum Gasteiger partial charge on any atom is 0.311 e. The zero-order valence-corrected chi connectivity index (χ0v) is 16.0. The standard InChI is InChI=1S/C21H33NO3/c1-13-6-9-22(10-7-13)12-15-17-16(24-19(15)23)11-20(3)8-4-5-14(2)21(20)18(17)25-21/h13-18H,4-12H2,1-3H3/t14-,15?,16+,17+,18-,20+,21-/m0/s1. The van der Waals surface area contributed by atoms with Crippen molar-refractivity contribution in [2.75, 3.05) is 19.6 Å². The van der Waals surface area contributed by atoms with Gasteiger partial charge >= 0.3 is 5.97 Å². The van der Waals surface area contributed by atoms with Crippen LogP contribution in [-0.4, -0.2) is 48.3 Å². The van der Waals surface area contributed by atoms with E-state index in [9.17, 15) is 4.79 Å². The fourth-order valence-electron chi connectivity index (χ4n) is 6.97. The Morgan fingerprint density at radius 1 is 1.20 bits per heavy atom. The van der Waals surface area contributed by atoms with E-state index in [1.54, 1.807) is 0 Å². The fourth-order valence-corrected chi connectivity index (χ4v) is 6.97. The van der Waals surface area contributed by atoms with E-state index < -0.39 is 0 Å². The summed E-state index contributed by atoms with van der Waals surface area (Å²) in [6.45, 7) is 10.3. The number of ether oxygens (including phenoxy) is 2. The number of hydrogen-bond donors (Lipinski definition) is 0. The van der Waals surface area contributed by atoms with Crippen LogP contribution in [0, 0.1) is 29.1 Å². The summed E-state index contributed by atoms with van der Waals surface area (Å²) in [6, 6.07) is 0. The molecule has 2 saturated carbocycles. The van der Waals surface area contributed by atoms with Crippen LogP contribution in [0.15, 0.2) is 0 Å². The molecule has 0 bridgehead atoms. The van der Waals surface area contributed by atoms with Crippen LogP contribution in [0.3, 0.4) is 0 Å². The summed E-state index contributed by atoms with van der Waals surface area (Å²) in [5, 5.41) is 0. The first-order valence-corrected chi connectivity index (χ1v) is 10.6. The summed E-state index contributed by atoms with van der Waals surface area (Å²) in [5.41, 5.74) is 0.237. The van der Waals surface area contributed by atoms with E-state index in [2.05, 4.69) is 25.7 Å². The molecule has 4 nitrogen and oxygen atoms in total. The summed E-state index contributed by atoms with van der Waals surface area (Å²) < 4.78 is 12.5. The van der Waals surface area contributed by atoms with Gasteiger partial charge in [0.15, 0.2) is 0 Å². The Hall–Kier alpha value is -0.610. The lowest BCUT2D eigenvalue weighted by molar-refractivity contribution is -0.146. The molecule has 0 radical (unpaired) electrons. The van der Waals surface area contributed by atoms with Gasteiger partial charge in [-0.2, -0.15) is 0 Å². The van der Waals surface area contributed by atoms with E-state index >= 15 is 0 Å². The van der Waals surface area contributed by atoms with Gasteiger partial charge in [-0.15, -0.1) is 0 Å². The number of esters is 1. The zero-order valence-electron chi connectivity index (χ0n) is 16.0. The number of piperidine rings is 1. The Bertz CT molecular complexity index is 571. The number of carbonyl (C=O) groups excluding carboxylic acids is 1. The molecule has 0 aromatic heterocycles. The molecule has 25 heavy (non-hydrogen) atoms. The second-order valence-corrected chi connectivity index (χ2v) is 10.0. The van der Waals surface area contributed by atoms with Crippen molar-refractivity contribution in [2.45, 2.75) is 77.1 Å². The smallest absolute Gasteiger partial charge is 0.311 e. The topological polar surface area (TPSA) is 42.1 Å². The third-order valence-corrected chi connectivity index (χ3v) is 8.53. The summed E-state index contributed by atoms with van der Waals surface area (Å²) in [5.74, 6) is 1.81. The monoisotopic (exact) mass is 347 g/mol. The largest absolute Gasteiger partial charge is 0.462 e. The highest BCUT2D eigenvalue weighted by molar-refractivity contribution is 5.76. The van der Waals surface area contributed by atoms with Gasteiger partial charge in [-0.1, -0.05) is 27.2 Å². The first-order valence-electron chi connectivity index (χ1n) is 10.6. The van der Waals surface area contributed by atoms with E-state index in [4.69, 9.17) is 9.47 Å². The SMILES string of the molecule is CC1CCN(CC2C(=O)O[C@@H]3C[C@@]4(C)CCC[C@H](C)[C@@]45O[C@H]5[C@H]23)CC1. The molecule has 5 aliphatic rings. The third-order valence-electron chi connectivity index (χ3n) is 8.53. The number of hydrogen-bond acceptors (Lipinski definition) is 4. The molecule has 3 heterocycles. The first-order chi connectivity index (χ1) is 11.9. The first kappa shape index (κ1) is 16.6. The molecule has 0 aromatic rings. The number of likely N-dealkylation sites (tertiary alicyclic amines) is 1. The average molecular weight is 347 g/mol. The molecule has 5 rings (SSSR count). The molecule has 7 atom stereocenters. The molecule has 4 heteroatoms. The van der Waals surface area contributed by atoms with Gasteiger partial charge in [0.1, 0.15) is 11.7 Å². The van der Waals surface area contributed by atoms with Crippen LogP contribution in [0.2, 0.25) is 0 Å². The molecule has 3 aliphatic heterocycles. The van der Waals surface area contributed by atoms with Crippen LogP contribution in [-0.2, 0) is 14.3 Å². The van der Waals surface area contributed by atoms with Crippen molar-refractivity contribution in [1.29, 1.82) is 0 Å². The van der Waals surface area contributed by atoms with Crippen LogP contribution < -0.4 is 0 Å². The van der Waals surface area contributed by atoms with Crippen molar-refractivity contribution < 1.29 is 14.3 Å². The van der Waals surface area contributed by atoms with Crippen LogP contribution in [0.25, 0.3) is 0 Å². The Labute approximate surface area is 151 Å². The molecule has 140 valence electrons. The van der Waals surface area contributed by atoms with Gasteiger partial charge in [0.2, 0.25) is 0 Å². The van der Waals surface area contributed by atoms with Crippen molar-refractivity contribution in [3.63, 3.8) is 0 Å². The molecule has 3 saturated heterocycles. The van der Waals surface area contributed by atoms with E-state index in [1.165, 1.54) is 32.1 Å². The molecule has 2 aliphatic carbocycles. The maximum absolute atomic E-state index is 12.7. The van der Waals surface area contributed by atoms with Gasteiger partial charge in [0.05, 0.1) is 12.0 Å². The minimum absolute atomic E-state index is 0.0291. The maximum atomic E-state index is 12.7. The van der Waals surface area contributed by atoms with Crippen LogP contribution in [0.5, 0.6) is 0 Å². The Morgan fingerprint density at radius 3 is 2.72 bits per heavy atom. The molecule has 0 amide bonds. The van der Waals surface area contributed by atoms with Gasteiger partial charge in [-0.25, -0.2) is 0 Å². The van der Waals surface area contributed by atoms with Gasteiger partial charge in [-0.05, 0) is 57.0 Å². The Morgan fingerprint density at radius 2 is 1.96 bits per heavy atom. The lowest BCUT2D eigenvalue weighted by Gasteiger charge is -2.49. The van der Waals surface area contributed by atoms with Gasteiger partial charge < -0.3 is 14.4 Å². The average Bonchev–Trinajstić information content (AvgIpc) is 3.25. The van der Waals surface area contributed by atoms with Crippen molar-refractivity contribution >= 4 is 5.97 Å². The van der Waals surface area contributed by atoms with Crippen molar-refractivity contribution in [1.82, 2.24) is 4.90 Å². The molecule has 0 N–H and O–H groups in total. The number of epoxide rings is 1. The number of carbonyl (C=O) groups is 1. The lowest BCUT2D eigenvalue weighted by atomic mass is 9.53. The van der Waals surface area contributed by atoms with Gasteiger partial charge in [-0.3, -0.25) is 4.79 Å². The van der Waals surface area contributed by atoms with Gasteiger partial charge in [0.25, 0.3) is 0 Å². The Balaban J connectivity index is 1.37. The third kappa shape index (κ3) is 2.22. The van der Waals surface area contributed by atoms with Crippen molar-refractivity contribution in [3.05, 3.63) is 0 Å². The van der Waals surface area contributed by atoms with E-state index in [-0.39, 0.29) is 35.1 Å². The normalized spacial score (nSPS) is 52.9. The molecule has 5 fully saturated rings. The molecular weight excluding hydrogens is 314 g/mol. The minimum Gasteiger partial charge on any atom is -0.462 e. The second kappa shape index (κ2) is 5.45. The molecule has 0 aromatic carbocycles. The number of rotatable bonds is 2. The van der Waals surface area contributed by atoms with Crippen LogP contribution in [0.4, 0.5) is 0 Å². The van der Waals surface area contributed by atoms with Crippen LogP contribution in [0.1, 0.15) is 59.3 Å². The summed E-state index contributed by atoms with van der Waals surface area (Å²) in [7, 11) is 0. The molecular formula is C21H33NO3. The second-order valence-electron chi connectivity index (χ2n) is 10.0. The Kier molecular flexibility index (Phi) is 3.61. The zero-order chi connectivity index (χ0) is 17.4. The fraction of sp³-hybridized carbons (Fsp3) is 0.952. The van der Waals surface area contributed by atoms with Gasteiger partial charge in [0, 0.05) is 17.9 Å². The summed E-state index contributed by atoms with van der Waals surface area (Å²) in [4.78, 5) is 15.2. The predicted molar refractivity (Wildman–Crippen MR) is 95.0 cm³/mol. The lowest BCUT2D eigenvalue weighted by Crippen LogP contribution is -2.54. The van der Waals surface area contributed by atoms with E-state index in [1.807, 2.05) is 0 Å². The van der Waals surface area contributed by atoms with Crippen LogP contribution >= 0.6 is 0 Å². The quantitative estimate of drug-likeness (QED) is 0.568. The number of nitrogens with zero attached hydrogens (tertiary/aromatic N) is 1. The highest BCUT2D eigenvalue weighted by atomic mass is 16.6. The molecule has 1 spiro atoms. The molecule has 1 unspecified atom stereocenters. The van der Waals surface area contributed by atoms with E-state index in [0.29, 0.717) is 11.8 Å². The van der Waals surface area contributed by atoms with E-state index in [0.717, 1.165) is 32.0 Å². The predicted octanol–water partition coefficient (Wildman–Crippen LogP) is 3.24. The number of fused-ring (bicyclic) bond motifs is 2. The minimum atomic E-state index is 0.0291. The summed E-state index contributed by atoms with van der Waals surface area (Å²) in [6.07, 6.45) is 7.66.